The number of hydrogen-bond donors (Lipinski definition) is 2. The lowest BCUT2D eigenvalue weighted by atomic mass is 9.66. The number of amides is 1. The molecule has 5 nitrogen and oxygen atoms in total. The van der Waals surface area contributed by atoms with Crippen molar-refractivity contribution in [1.82, 2.24) is 4.90 Å². The van der Waals surface area contributed by atoms with Gasteiger partial charge in [-0.1, -0.05) is 43.2 Å². The minimum absolute atomic E-state index is 0.0176. The van der Waals surface area contributed by atoms with Crippen molar-refractivity contribution in [1.29, 1.82) is 0 Å². The monoisotopic (exact) mass is 394 g/mol. The van der Waals surface area contributed by atoms with E-state index in [1.165, 1.54) is 0 Å². The molecule has 5 heteroatoms. The van der Waals surface area contributed by atoms with Crippen molar-refractivity contribution in [3.8, 4) is 5.75 Å². The van der Waals surface area contributed by atoms with E-state index in [2.05, 4.69) is 22.3 Å². The molecule has 154 valence electrons. The Balaban J connectivity index is 1.57. The lowest BCUT2D eigenvalue weighted by molar-refractivity contribution is -0.135. The van der Waals surface area contributed by atoms with Crippen LogP contribution in [0.5, 0.6) is 5.75 Å². The van der Waals surface area contributed by atoms with Gasteiger partial charge in [0, 0.05) is 24.2 Å². The Morgan fingerprint density at radius 1 is 1.14 bits per heavy atom. The summed E-state index contributed by atoms with van der Waals surface area (Å²) in [6.45, 7) is 1.03. The van der Waals surface area contributed by atoms with Crippen molar-refractivity contribution in [2.45, 2.75) is 43.7 Å². The molecule has 0 radical (unpaired) electrons. The topological polar surface area (TPSA) is 61.8 Å². The van der Waals surface area contributed by atoms with Crippen LogP contribution >= 0.6 is 0 Å². The zero-order valence-electron chi connectivity index (χ0n) is 17.0. The molecule has 1 heterocycles. The predicted molar refractivity (Wildman–Crippen MR) is 114 cm³/mol. The molecule has 4 rings (SSSR count). The van der Waals surface area contributed by atoms with Gasteiger partial charge in [0.05, 0.1) is 19.3 Å². The highest BCUT2D eigenvalue weighted by Gasteiger charge is 2.49. The van der Waals surface area contributed by atoms with Crippen molar-refractivity contribution in [2.75, 3.05) is 25.5 Å². The van der Waals surface area contributed by atoms with Crippen molar-refractivity contribution >= 4 is 11.6 Å². The van der Waals surface area contributed by atoms with Gasteiger partial charge in [0.1, 0.15) is 5.75 Å². The van der Waals surface area contributed by atoms with Gasteiger partial charge in [0.25, 0.3) is 0 Å². The third-order valence-corrected chi connectivity index (χ3v) is 6.53. The van der Waals surface area contributed by atoms with Crippen molar-refractivity contribution in [3.63, 3.8) is 0 Å². The second-order valence-electron chi connectivity index (χ2n) is 8.31. The molecule has 2 aromatic carbocycles. The number of para-hydroxylation sites is 1. The van der Waals surface area contributed by atoms with Crippen LogP contribution in [0.2, 0.25) is 0 Å². The largest absolute Gasteiger partial charge is 0.497 e. The third kappa shape index (κ3) is 4.31. The molecule has 3 atom stereocenters. The molecule has 29 heavy (non-hydrogen) atoms. The number of carbonyl (C=O) groups excluding carboxylic acids is 1. The number of likely N-dealkylation sites (tertiary alicyclic amines) is 1. The average molecular weight is 395 g/mol. The number of anilines is 1. The SMILES string of the molecule is COc1ccc([C@H]2[C@H]3CCCC[C@]3(O)CCN2CC(=O)Nc2ccccc2)cc1. The molecule has 1 aliphatic heterocycles. The fraction of sp³-hybridized carbons (Fsp3) is 0.458. The van der Waals surface area contributed by atoms with E-state index in [1.807, 2.05) is 42.5 Å². The minimum Gasteiger partial charge on any atom is -0.497 e. The van der Waals surface area contributed by atoms with Crippen LogP contribution in [0.3, 0.4) is 0 Å². The molecule has 2 aromatic rings. The molecular weight excluding hydrogens is 364 g/mol. The van der Waals surface area contributed by atoms with E-state index in [0.717, 1.165) is 49.1 Å². The van der Waals surface area contributed by atoms with Crippen LogP contribution in [-0.2, 0) is 4.79 Å². The lowest BCUT2D eigenvalue weighted by Gasteiger charge is -2.52. The molecule has 2 N–H and O–H groups in total. The minimum atomic E-state index is -0.630. The Morgan fingerprint density at radius 3 is 2.62 bits per heavy atom. The maximum atomic E-state index is 12.8. The molecule has 2 fully saturated rings. The van der Waals surface area contributed by atoms with Gasteiger partial charge in [0.2, 0.25) is 5.91 Å². The van der Waals surface area contributed by atoms with Crippen LogP contribution in [0, 0.1) is 5.92 Å². The number of benzene rings is 2. The van der Waals surface area contributed by atoms with Crippen LogP contribution in [0.1, 0.15) is 43.7 Å². The van der Waals surface area contributed by atoms with Gasteiger partial charge in [-0.05, 0) is 49.1 Å². The van der Waals surface area contributed by atoms with Crippen LogP contribution in [0.15, 0.2) is 54.6 Å². The zero-order chi connectivity index (χ0) is 20.3. The fourth-order valence-electron chi connectivity index (χ4n) is 5.07. The smallest absolute Gasteiger partial charge is 0.238 e. The van der Waals surface area contributed by atoms with Gasteiger partial charge in [0.15, 0.2) is 0 Å². The Bertz CT molecular complexity index is 824. The Labute approximate surface area is 172 Å². The Kier molecular flexibility index (Phi) is 5.88. The van der Waals surface area contributed by atoms with Crippen molar-refractivity contribution in [2.24, 2.45) is 5.92 Å². The molecule has 1 aliphatic carbocycles. The summed E-state index contributed by atoms with van der Waals surface area (Å²) in [6, 6.07) is 17.7. The summed E-state index contributed by atoms with van der Waals surface area (Å²) in [7, 11) is 1.66. The predicted octanol–water partition coefficient (Wildman–Crippen LogP) is 4.00. The van der Waals surface area contributed by atoms with Gasteiger partial charge in [-0.3, -0.25) is 9.69 Å². The summed E-state index contributed by atoms with van der Waals surface area (Å²) in [5.41, 5.74) is 1.32. The zero-order valence-corrected chi connectivity index (χ0v) is 17.0. The van der Waals surface area contributed by atoms with Crippen LogP contribution in [0.25, 0.3) is 0 Å². The number of methoxy groups -OCH3 is 1. The number of rotatable bonds is 5. The quantitative estimate of drug-likeness (QED) is 0.805. The van der Waals surface area contributed by atoms with E-state index < -0.39 is 5.60 Å². The average Bonchev–Trinajstić information content (AvgIpc) is 2.74. The van der Waals surface area contributed by atoms with Gasteiger partial charge in [-0.25, -0.2) is 0 Å². The number of hydrogen-bond acceptors (Lipinski definition) is 4. The highest BCUT2D eigenvalue weighted by atomic mass is 16.5. The number of ether oxygens (including phenoxy) is 1. The summed E-state index contributed by atoms with van der Waals surface area (Å²) >= 11 is 0. The lowest BCUT2D eigenvalue weighted by Crippen LogP contribution is -2.56. The molecule has 1 amide bonds. The maximum Gasteiger partial charge on any atom is 0.238 e. The molecule has 1 saturated heterocycles. The van der Waals surface area contributed by atoms with E-state index in [9.17, 15) is 9.90 Å². The van der Waals surface area contributed by atoms with E-state index in [-0.39, 0.29) is 17.9 Å². The number of aliphatic hydroxyl groups is 1. The van der Waals surface area contributed by atoms with Crippen molar-refractivity contribution in [3.05, 3.63) is 60.2 Å². The van der Waals surface area contributed by atoms with Crippen LogP contribution in [-0.4, -0.2) is 41.7 Å². The first-order chi connectivity index (χ1) is 14.1. The standard InChI is InChI=1S/C24H30N2O3/c1-29-20-12-10-18(11-13-20)23-21-9-5-6-14-24(21,28)15-16-26(23)17-22(27)25-19-7-3-2-4-8-19/h2-4,7-8,10-13,21,23,28H,5-6,9,14-17H2,1H3,(H,25,27)/t21-,23+,24+/m1/s1. The van der Waals surface area contributed by atoms with Crippen LogP contribution in [0.4, 0.5) is 5.69 Å². The summed E-state index contributed by atoms with van der Waals surface area (Å²) in [5.74, 6) is 0.940. The summed E-state index contributed by atoms with van der Waals surface area (Å²) in [4.78, 5) is 15.0. The summed E-state index contributed by atoms with van der Waals surface area (Å²) in [5, 5.41) is 14.4. The molecule has 0 bridgehead atoms. The molecule has 0 unspecified atom stereocenters. The van der Waals surface area contributed by atoms with E-state index in [4.69, 9.17) is 4.74 Å². The first-order valence-corrected chi connectivity index (χ1v) is 10.5. The van der Waals surface area contributed by atoms with Gasteiger partial charge >= 0.3 is 0 Å². The number of carbonyl (C=O) groups is 1. The number of piperidine rings is 1. The second kappa shape index (κ2) is 8.56. The van der Waals surface area contributed by atoms with E-state index in [1.54, 1.807) is 7.11 Å². The molecule has 1 saturated carbocycles. The Morgan fingerprint density at radius 2 is 1.90 bits per heavy atom. The molecule has 2 aliphatic rings. The van der Waals surface area contributed by atoms with E-state index in [0.29, 0.717) is 13.1 Å². The van der Waals surface area contributed by atoms with Gasteiger partial charge in [-0.15, -0.1) is 0 Å². The third-order valence-electron chi connectivity index (χ3n) is 6.53. The maximum absolute atomic E-state index is 12.8. The Hall–Kier alpha value is -2.37. The van der Waals surface area contributed by atoms with Gasteiger partial charge in [-0.2, -0.15) is 0 Å². The fourth-order valence-corrected chi connectivity index (χ4v) is 5.07. The highest BCUT2D eigenvalue weighted by molar-refractivity contribution is 5.92. The molecule has 0 aromatic heterocycles. The normalized spacial score (nSPS) is 27.1. The van der Waals surface area contributed by atoms with Gasteiger partial charge < -0.3 is 15.2 Å². The number of fused-ring (bicyclic) bond motifs is 1. The second-order valence-corrected chi connectivity index (χ2v) is 8.31. The first kappa shape index (κ1) is 19.9. The molecular formula is C24H30N2O3. The van der Waals surface area contributed by atoms with Crippen LogP contribution < -0.4 is 10.1 Å². The van der Waals surface area contributed by atoms with E-state index >= 15 is 0 Å². The highest BCUT2D eigenvalue weighted by Crippen LogP contribution is 2.49. The summed E-state index contributed by atoms with van der Waals surface area (Å²) in [6.07, 6.45) is 4.78. The first-order valence-electron chi connectivity index (χ1n) is 10.5. The number of nitrogens with one attached hydrogen (secondary N) is 1. The molecule has 0 spiro atoms. The number of nitrogens with zero attached hydrogens (tertiary/aromatic N) is 1. The summed E-state index contributed by atoms with van der Waals surface area (Å²) < 4.78 is 5.31. The van der Waals surface area contributed by atoms with Crippen molar-refractivity contribution < 1.29 is 14.6 Å².